The van der Waals surface area contributed by atoms with Gasteiger partial charge >= 0.3 is 0 Å². The van der Waals surface area contributed by atoms with Gasteiger partial charge in [0.25, 0.3) is 0 Å². The third-order valence-corrected chi connectivity index (χ3v) is 3.38. The van der Waals surface area contributed by atoms with Crippen molar-refractivity contribution in [1.82, 2.24) is 0 Å². The summed E-state index contributed by atoms with van der Waals surface area (Å²) >= 11 is 0. The molecule has 0 atom stereocenters. The Labute approximate surface area is 91.4 Å². The molecule has 1 aliphatic rings. The SMILES string of the molecule is CC(C)c1cccc(C2(CON)CC2)c1. The van der Waals surface area contributed by atoms with Gasteiger partial charge in [-0.15, -0.1) is 0 Å². The maximum Gasteiger partial charge on any atom is 0.0775 e. The predicted octanol–water partition coefficient (Wildman–Crippen LogP) is 2.73. The van der Waals surface area contributed by atoms with Crippen LogP contribution in [0, 0.1) is 0 Å². The largest absolute Gasteiger partial charge is 0.304 e. The van der Waals surface area contributed by atoms with Gasteiger partial charge in [0.15, 0.2) is 0 Å². The molecule has 0 amide bonds. The molecule has 1 fully saturated rings. The molecule has 15 heavy (non-hydrogen) atoms. The molecule has 1 aromatic rings. The Morgan fingerprint density at radius 3 is 2.67 bits per heavy atom. The zero-order chi connectivity index (χ0) is 10.9. The fourth-order valence-corrected chi connectivity index (χ4v) is 2.05. The van der Waals surface area contributed by atoms with Crippen LogP contribution in [0.25, 0.3) is 0 Å². The van der Waals surface area contributed by atoms with Gasteiger partial charge in [-0.25, -0.2) is 5.90 Å². The van der Waals surface area contributed by atoms with E-state index < -0.39 is 0 Å². The van der Waals surface area contributed by atoms with Crippen LogP contribution in [0.2, 0.25) is 0 Å². The molecule has 2 nitrogen and oxygen atoms in total. The van der Waals surface area contributed by atoms with E-state index in [9.17, 15) is 0 Å². The van der Waals surface area contributed by atoms with Crippen LogP contribution in [0.4, 0.5) is 0 Å². The van der Waals surface area contributed by atoms with Gasteiger partial charge in [-0.1, -0.05) is 38.1 Å². The summed E-state index contributed by atoms with van der Waals surface area (Å²) < 4.78 is 0. The Morgan fingerprint density at radius 2 is 2.13 bits per heavy atom. The molecule has 0 aliphatic heterocycles. The van der Waals surface area contributed by atoms with E-state index in [1.54, 1.807) is 0 Å². The molecule has 2 N–H and O–H groups in total. The molecule has 0 heterocycles. The maximum atomic E-state index is 5.19. The van der Waals surface area contributed by atoms with Crippen LogP contribution in [-0.2, 0) is 10.3 Å². The standard InChI is InChI=1S/C13H19NO/c1-10(2)11-4-3-5-12(8-11)13(6-7-13)9-15-14/h3-5,8,10H,6-7,9,14H2,1-2H3. The minimum Gasteiger partial charge on any atom is -0.304 e. The van der Waals surface area contributed by atoms with Crippen LogP contribution in [0.1, 0.15) is 43.7 Å². The zero-order valence-corrected chi connectivity index (χ0v) is 9.49. The topological polar surface area (TPSA) is 35.2 Å². The Bertz CT molecular complexity index is 342. The van der Waals surface area contributed by atoms with Crippen molar-refractivity contribution in [3.63, 3.8) is 0 Å². The van der Waals surface area contributed by atoms with Crippen LogP contribution >= 0.6 is 0 Å². The number of hydrogen-bond acceptors (Lipinski definition) is 2. The molecular weight excluding hydrogens is 186 g/mol. The third kappa shape index (κ3) is 2.06. The molecule has 0 unspecified atom stereocenters. The molecule has 2 rings (SSSR count). The molecule has 0 saturated heterocycles. The van der Waals surface area contributed by atoms with E-state index in [1.807, 2.05) is 0 Å². The van der Waals surface area contributed by atoms with Crippen LogP contribution in [-0.4, -0.2) is 6.61 Å². The maximum absolute atomic E-state index is 5.19. The lowest BCUT2D eigenvalue weighted by Gasteiger charge is -2.16. The lowest BCUT2D eigenvalue weighted by Crippen LogP contribution is -2.18. The molecule has 82 valence electrons. The summed E-state index contributed by atoms with van der Waals surface area (Å²) in [7, 11) is 0. The minimum absolute atomic E-state index is 0.222. The zero-order valence-electron chi connectivity index (χ0n) is 9.49. The fraction of sp³-hybridized carbons (Fsp3) is 0.538. The van der Waals surface area contributed by atoms with Crippen LogP contribution in [0.3, 0.4) is 0 Å². The van der Waals surface area contributed by atoms with Gasteiger partial charge in [0.2, 0.25) is 0 Å². The van der Waals surface area contributed by atoms with Crippen LogP contribution in [0.15, 0.2) is 24.3 Å². The number of hydrogen-bond donors (Lipinski definition) is 1. The summed E-state index contributed by atoms with van der Waals surface area (Å²) in [5.41, 5.74) is 3.01. The summed E-state index contributed by atoms with van der Waals surface area (Å²) in [5, 5.41) is 0. The first-order valence-corrected chi connectivity index (χ1v) is 5.60. The highest BCUT2D eigenvalue weighted by molar-refractivity contribution is 5.35. The van der Waals surface area contributed by atoms with Crippen molar-refractivity contribution in [3.05, 3.63) is 35.4 Å². The highest BCUT2D eigenvalue weighted by Crippen LogP contribution is 2.48. The van der Waals surface area contributed by atoms with E-state index in [0.717, 1.165) is 0 Å². The van der Waals surface area contributed by atoms with Gasteiger partial charge in [0.1, 0.15) is 0 Å². The molecule has 1 aliphatic carbocycles. The third-order valence-electron chi connectivity index (χ3n) is 3.38. The first kappa shape index (κ1) is 10.7. The van der Waals surface area contributed by atoms with E-state index >= 15 is 0 Å². The van der Waals surface area contributed by atoms with Crippen molar-refractivity contribution >= 4 is 0 Å². The Kier molecular flexibility index (Phi) is 2.81. The molecular formula is C13H19NO. The van der Waals surface area contributed by atoms with Crippen molar-refractivity contribution in [1.29, 1.82) is 0 Å². The van der Waals surface area contributed by atoms with Gasteiger partial charge in [0.05, 0.1) is 6.61 Å². The first-order chi connectivity index (χ1) is 7.18. The van der Waals surface area contributed by atoms with E-state index in [2.05, 4.69) is 38.1 Å². The summed E-state index contributed by atoms with van der Waals surface area (Å²) in [6.45, 7) is 5.09. The number of benzene rings is 1. The summed E-state index contributed by atoms with van der Waals surface area (Å²) in [6, 6.07) is 8.82. The monoisotopic (exact) mass is 205 g/mol. The first-order valence-electron chi connectivity index (χ1n) is 5.60. The number of nitrogens with two attached hydrogens (primary N) is 1. The molecule has 0 spiro atoms. The van der Waals surface area contributed by atoms with Gasteiger partial charge < -0.3 is 4.84 Å². The molecule has 1 saturated carbocycles. The predicted molar refractivity (Wildman–Crippen MR) is 61.6 cm³/mol. The van der Waals surface area contributed by atoms with Gasteiger partial charge in [-0.3, -0.25) is 0 Å². The van der Waals surface area contributed by atoms with Crippen molar-refractivity contribution in [3.8, 4) is 0 Å². The van der Waals surface area contributed by atoms with Gasteiger partial charge in [0, 0.05) is 5.41 Å². The molecule has 0 aromatic heterocycles. The highest BCUT2D eigenvalue weighted by atomic mass is 16.6. The molecule has 2 heteroatoms. The fourth-order valence-electron chi connectivity index (χ4n) is 2.05. The van der Waals surface area contributed by atoms with E-state index in [1.165, 1.54) is 24.0 Å². The van der Waals surface area contributed by atoms with Crippen molar-refractivity contribution < 1.29 is 4.84 Å². The average molecular weight is 205 g/mol. The second-order valence-corrected chi connectivity index (χ2v) is 4.87. The van der Waals surface area contributed by atoms with Crippen LogP contribution < -0.4 is 5.90 Å². The lowest BCUT2D eigenvalue weighted by molar-refractivity contribution is 0.116. The average Bonchev–Trinajstić information content (AvgIpc) is 3.00. The van der Waals surface area contributed by atoms with E-state index in [-0.39, 0.29) is 5.41 Å². The minimum atomic E-state index is 0.222. The van der Waals surface area contributed by atoms with Gasteiger partial charge in [-0.05, 0) is 29.9 Å². The van der Waals surface area contributed by atoms with Crippen LogP contribution in [0.5, 0.6) is 0 Å². The molecule has 0 radical (unpaired) electrons. The molecule has 1 aromatic carbocycles. The lowest BCUT2D eigenvalue weighted by atomic mass is 9.92. The van der Waals surface area contributed by atoms with E-state index in [0.29, 0.717) is 12.5 Å². The second kappa shape index (κ2) is 3.95. The van der Waals surface area contributed by atoms with Crippen molar-refractivity contribution in [2.75, 3.05) is 6.61 Å². The smallest absolute Gasteiger partial charge is 0.0775 e. The highest BCUT2D eigenvalue weighted by Gasteiger charge is 2.44. The Morgan fingerprint density at radius 1 is 1.40 bits per heavy atom. The van der Waals surface area contributed by atoms with Crippen molar-refractivity contribution in [2.24, 2.45) is 5.90 Å². The van der Waals surface area contributed by atoms with Crippen molar-refractivity contribution in [2.45, 2.75) is 38.0 Å². The Hall–Kier alpha value is -0.860. The summed E-state index contributed by atoms with van der Waals surface area (Å²) in [5.74, 6) is 5.77. The summed E-state index contributed by atoms with van der Waals surface area (Å²) in [6.07, 6.45) is 2.40. The normalized spacial score (nSPS) is 18.1. The Balaban J connectivity index is 2.25. The van der Waals surface area contributed by atoms with E-state index in [4.69, 9.17) is 10.7 Å². The van der Waals surface area contributed by atoms with Gasteiger partial charge in [-0.2, -0.15) is 0 Å². The quantitative estimate of drug-likeness (QED) is 0.767. The second-order valence-electron chi connectivity index (χ2n) is 4.87. The molecule has 0 bridgehead atoms. The number of rotatable bonds is 4. The summed E-state index contributed by atoms with van der Waals surface area (Å²) in [4.78, 5) is 4.82.